The van der Waals surface area contributed by atoms with Crippen LogP contribution in [0, 0.1) is 5.92 Å². The van der Waals surface area contributed by atoms with Crippen molar-refractivity contribution in [2.75, 3.05) is 25.6 Å². The number of halogens is 1. The van der Waals surface area contributed by atoms with E-state index in [1.807, 2.05) is 37.3 Å². The van der Waals surface area contributed by atoms with E-state index in [-0.39, 0.29) is 12.1 Å². The number of ether oxygens (including phenoxy) is 3. The van der Waals surface area contributed by atoms with Gasteiger partial charge >= 0.3 is 0 Å². The quantitative estimate of drug-likeness (QED) is 0.780. The molecule has 26 heavy (non-hydrogen) atoms. The highest BCUT2D eigenvalue weighted by Crippen LogP contribution is 2.52. The highest BCUT2D eigenvalue weighted by Gasteiger charge is 2.41. The van der Waals surface area contributed by atoms with Gasteiger partial charge in [0.2, 0.25) is 0 Å². The van der Waals surface area contributed by atoms with E-state index < -0.39 is 0 Å². The summed E-state index contributed by atoms with van der Waals surface area (Å²) >= 11 is 6.25. The Kier molecular flexibility index (Phi) is 4.96. The molecular weight excluding hydrogens is 350 g/mol. The van der Waals surface area contributed by atoms with Gasteiger partial charge in [0, 0.05) is 34.4 Å². The Morgan fingerprint density at radius 1 is 1.23 bits per heavy atom. The van der Waals surface area contributed by atoms with Crippen LogP contribution in [0.25, 0.3) is 0 Å². The van der Waals surface area contributed by atoms with Gasteiger partial charge in [-0.1, -0.05) is 23.7 Å². The Balaban J connectivity index is 1.81. The number of hydrogen-bond donors (Lipinski definition) is 1. The summed E-state index contributed by atoms with van der Waals surface area (Å²) in [6, 6.07) is 12.2. The van der Waals surface area contributed by atoms with Crippen LogP contribution in [0.15, 0.2) is 36.4 Å². The molecule has 0 bridgehead atoms. The molecule has 2 aromatic rings. The molecule has 1 N–H and O–H groups in total. The standard InChI is InChI=1S/C21H24ClNO3/c1-3-25-21-15(6-4-8-18(21)24-2)19-14-7-5-11-26-20(14)16-12-13(22)9-10-17(16)23-19/h4,6,8-10,12,14,19-20,23H,3,5,7,11H2,1-2H3/t14-,19?,20-/m0/s1. The second-order valence-corrected chi connectivity index (χ2v) is 7.20. The number of fused-ring (bicyclic) bond motifs is 3. The van der Waals surface area contributed by atoms with Crippen molar-refractivity contribution in [3.8, 4) is 11.5 Å². The minimum atomic E-state index is 0.0457. The lowest BCUT2D eigenvalue weighted by Gasteiger charge is -2.43. The molecule has 0 amide bonds. The van der Waals surface area contributed by atoms with E-state index in [9.17, 15) is 0 Å². The number of para-hydroxylation sites is 1. The smallest absolute Gasteiger partial charge is 0.166 e. The van der Waals surface area contributed by atoms with Crippen LogP contribution in [0.3, 0.4) is 0 Å². The van der Waals surface area contributed by atoms with Crippen LogP contribution in [0.2, 0.25) is 5.02 Å². The fourth-order valence-electron chi connectivity index (χ4n) is 4.19. The molecule has 1 saturated heterocycles. The highest BCUT2D eigenvalue weighted by molar-refractivity contribution is 6.30. The summed E-state index contributed by atoms with van der Waals surface area (Å²) in [5, 5.41) is 4.46. The van der Waals surface area contributed by atoms with Crippen LogP contribution in [0.4, 0.5) is 5.69 Å². The molecule has 1 unspecified atom stereocenters. The van der Waals surface area contributed by atoms with Gasteiger partial charge in [0.1, 0.15) is 0 Å². The molecule has 4 nitrogen and oxygen atoms in total. The third kappa shape index (κ3) is 3.01. The molecule has 1 fully saturated rings. The number of rotatable bonds is 4. The largest absolute Gasteiger partial charge is 0.493 e. The Morgan fingerprint density at radius 3 is 2.92 bits per heavy atom. The van der Waals surface area contributed by atoms with Crippen LogP contribution in [0.5, 0.6) is 11.5 Å². The first kappa shape index (κ1) is 17.5. The van der Waals surface area contributed by atoms with Crippen LogP contribution < -0.4 is 14.8 Å². The molecule has 0 aromatic heterocycles. The van der Waals surface area contributed by atoms with E-state index in [0.29, 0.717) is 12.5 Å². The molecule has 2 aliphatic heterocycles. The van der Waals surface area contributed by atoms with Gasteiger partial charge in [-0.3, -0.25) is 0 Å². The summed E-state index contributed by atoms with van der Waals surface area (Å²) in [6.07, 6.45) is 2.20. The van der Waals surface area contributed by atoms with Crippen LogP contribution in [-0.2, 0) is 4.74 Å². The van der Waals surface area contributed by atoms with Crippen molar-refractivity contribution in [2.45, 2.75) is 31.9 Å². The van der Waals surface area contributed by atoms with Crippen LogP contribution >= 0.6 is 11.6 Å². The first-order valence-corrected chi connectivity index (χ1v) is 9.58. The van der Waals surface area contributed by atoms with Crippen LogP contribution in [-0.4, -0.2) is 20.3 Å². The second kappa shape index (κ2) is 7.37. The third-order valence-electron chi connectivity index (χ3n) is 5.28. The zero-order valence-electron chi connectivity index (χ0n) is 15.1. The van der Waals surface area contributed by atoms with E-state index >= 15 is 0 Å². The van der Waals surface area contributed by atoms with Gasteiger partial charge in [-0.2, -0.15) is 0 Å². The summed E-state index contributed by atoms with van der Waals surface area (Å²) in [7, 11) is 1.68. The zero-order valence-corrected chi connectivity index (χ0v) is 15.9. The van der Waals surface area contributed by atoms with Crippen molar-refractivity contribution in [3.63, 3.8) is 0 Å². The summed E-state index contributed by atoms with van der Waals surface area (Å²) in [5.74, 6) is 1.90. The topological polar surface area (TPSA) is 39.7 Å². The maximum absolute atomic E-state index is 6.25. The first-order chi connectivity index (χ1) is 12.7. The predicted molar refractivity (Wildman–Crippen MR) is 103 cm³/mol. The maximum atomic E-state index is 6.25. The molecule has 4 rings (SSSR count). The fourth-order valence-corrected chi connectivity index (χ4v) is 4.37. The molecule has 3 atom stereocenters. The van der Waals surface area contributed by atoms with E-state index in [2.05, 4.69) is 11.4 Å². The number of methoxy groups -OCH3 is 1. The van der Waals surface area contributed by atoms with Crippen molar-refractivity contribution >= 4 is 17.3 Å². The molecular formula is C21H24ClNO3. The Labute approximate surface area is 159 Å². The zero-order chi connectivity index (χ0) is 18.1. The lowest BCUT2D eigenvalue weighted by Crippen LogP contribution is -2.36. The molecule has 5 heteroatoms. The highest BCUT2D eigenvalue weighted by atomic mass is 35.5. The van der Waals surface area contributed by atoms with Gasteiger partial charge in [0.05, 0.1) is 25.9 Å². The minimum absolute atomic E-state index is 0.0457. The molecule has 2 aliphatic rings. The summed E-state index contributed by atoms with van der Waals surface area (Å²) < 4.78 is 17.7. The third-order valence-corrected chi connectivity index (χ3v) is 5.52. The molecule has 0 saturated carbocycles. The van der Waals surface area contributed by atoms with Crippen LogP contribution in [0.1, 0.15) is 43.0 Å². The molecule has 0 aliphatic carbocycles. The number of benzene rings is 2. The second-order valence-electron chi connectivity index (χ2n) is 6.76. The monoisotopic (exact) mass is 373 g/mol. The first-order valence-electron chi connectivity index (χ1n) is 9.20. The Bertz CT molecular complexity index is 795. The van der Waals surface area contributed by atoms with E-state index in [4.69, 9.17) is 25.8 Å². The van der Waals surface area contributed by atoms with E-state index in [0.717, 1.165) is 52.8 Å². The van der Waals surface area contributed by atoms with E-state index in [1.54, 1.807) is 7.11 Å². The molecule has 0 radical (unpaired) electrons. The van der Waals surface area contributed by atoms with E-state index in [1.165, 1.54) is 0 Å². The summed E-state index contributed by atoms with van der Waals surface area (Å²) in [4.78, 5) is 0. The van der Waals surface area contributed by atoms with Gasteiger partial charge in [-0.25, -0.2) is 0 Å². The Morgan fingerprint density at radius 2 is 2.12 bits per heavy atom. The molecule has 2 heterocycles. The van der Waals surface area contributed by atoms with Gasteiger partial charge in [-0.05, 0) is 44.0 Å². The molecule has 2 aromatic carbocycles. The van der Waals surface area contributed by atoms with Crippen molar-refractivity contribution < 1.29 is 14.2 Å². The number of anilines is 1. The van der Waals surface area contributed by atoms with Gasteiger partial charge < -0.3 is 19.5 Å². The lowest BCUT2D eigenvalue weighted by atomic mass is 9.77. The lowest BCUT2D eigenvalue weighted by molar-refractivity contribution is -0.0383. The predicted octanol–water partition coefficient (Wildman–Crippen LogP) is 5.38. The minimum Gasteiger partial charge on any atom is -0.493 e. The fraction of sp³-hybridized carbons (Fsp3) is 0.429. The molecule has 0 spiro atoms. The van der Waals surface area contributed by atoms with Crippen molar-refractivity contribution in [3.05, 3.63) is 52.5 Å². The summed E-state index contributed by atoms with van der Waals surface area (Å²) in [5.41, 5.74) is 3.35. The van der Waals surface area contributed by atoms with Gasteiger partial charge in [0.25, 0.3) is 0 Å². The SMILES string of the molecule is CCOc1c(OC)cccc1C1Nc2ccc(Cl)cc2[C@H]2OCCC[C@@H]12. The van der Waals surface area contributed by atoms with Gasteiger partial charge in [-0.15, -0.1) is 0 Å². The van der Waals surface area contributed by atoms with Gasteiger partial charge in [0.15, 0.2) is 11.5 Å². The van der Waals surface area contributed by atoms with Crippen molar-refractivity contribution in [2.24, 2.45) is 5.92 Å². The average molecular weight is 374 g/mol. The van der Waals surface area contributed by atoms with Crippen molar-refractivity contribution in [1.29, 1.82) is 0 Å². The Hall–Kier alpha value is -1.91. The van der Waals surface area contributed by atoms with Crippen molar-refractivity contribution in [1.82, 2.24) is 0 Å². The average Bonchev–Trinajstić information content (AvgIpc) is 2.68. The maximum Gasteiger partial charge on any atom is 0.166 e. The molecule has 138 valence electrons. The normalized spacial score (nSPS) is 24.2. The number of hydrogen-bond acceptors (Lipinski definition) is 4. The summed E-state index contributed by atoms with van der Waals surface area (Å²) in [6.45, 7) is 3.38. The number of nitrogens with one attached hydrogen (secondary N) is 1.